The van der Waals surface area contributed by atoms with Crippen LogP contribution in [0.15, 0.2) is 63.7 Å². The zero-order valence-electron chi connectivity index (χ0n) is 17.3. The van der Waals surface area contributed by atoms with Crippen molar-refractivity contribution in [1.29, 1.82) is 5.26 Å². The van der Waals surface area contributed by atoms with Gasteiger partial charge >= 0.3 is 0 Å². The summed E-state index contributed by atoms with van der Waals surface area (Å²) >= 11 is 9.64. The first-order valence-electron chi connectivity index (χ1n) is 10.0. The molecule has 0 radical (unpaired) electrons. The molecule has 2 aromatic rings. The summed E-state index contributed by atoms with van der Waals surface area (Å²) in [6.07, 6.45) is 1.74. The number of nitrogens with two attached hydrogens (primary N) is 1. The Bertz CT molecular complexity index is 1200. The number of ether oxygens (including phenoxy) is 3. The minimum absolute atomic E-state index is 0.0215. The van der Waals surface area contributed by atoms with E-state index in [0.29, 0.717) is 47.1 Å². The number of rotatable bonds is 5. The van der Waals surface area contributed by atoms with E-state index in [0.717, 1.165) is 15.6 Å². The quantitative estimate of drug-likeness (QED) is 0.565. The highest BCUT2D eigenvalue weighted by Gasteiger charge is 2.38. The third kappa shape index (κ3) is 4.21. The third-order valence-corrected chi connectivity index (χ3v) is 6.31. The molecule has 0 amide bonds. The molecule has 0 unspecified atom stereocenters. The Morgan fingerprint density at radius 2 is 2.03 bits per heavy atom. The van der Waals surface area contributed by atoms with Gasteiger partial charge in [0.05, 0.1) is 18.1 Å². The monoisotopic (exact) mass is 514 g/mol. The normalized spacial score (nSPS) is 18.1. The first-order valence-corrected chi connectivity index (χ1v) is 11.2. The fourth-order valence-electron chi connectivity index (χ4n) is 4.03. The van der Waals surface area contributed by atoms with Crippen molar-refractivity contribution in [2.45, 2.75) is 31.8 Å². The Labute approximate surface area is 199 Å². The number of carbonyl (C=O) groups excluding carboxylic acids is 1. The van der Waals surface area contributed by atoms with Gasteiger partial charge in [-0.05, 0) is 42.3 Å². The average Bonchev–Trinajstić information content (AvgIpc) is 2.77. The molecule has 1 aliphatic carbocycles. The van der Waals surface area contributed by atoms with E-state index in [2.05, 4.69) is 22.0 Å². The van der Waals surface area contributed by atoms with E-state index in [4.69, 9.17) is 31.5 Å². The zero-order chi connectivity index (χ0) is 22.8. The van der Waals surface area contributed by atoms with Crippen molar-refractivity contribution >= 4 is 33.3 Å². The Balaban J connectivity index is 1.73. The van der Waals surface area contributed by atoms with E-state index in [1.54, 1.807) is 25.3 Å². The number of methoxy groups -OCH3 is 1. The van der Waals surface area contributed by atoms with Crippen molar-refractivity contribution in [3.63, 3.8) is 0 Å². The van der Waals surface area contributed by atoms with Gasteiger partial charge in [0.15, 0.2) is 5.78 Å². The summed E-state index contributed by atoms with van der Waals surface area (Å²) in [5.41, 5.74) is 8.28. The second-order valence-corrected chi connectivity index (χ2v) is 8.80. The Hall–Kier alpha value is -2.95. The molecule has 2 N–H and O–H groups in total. The maximum absolute atomic E-state index is 12.8. The van der Waals surface area contributed by atoms with Crippen LogP contribution in [-0.2, 0) is 16.1 Å². The summed E-state index contributed by atoms with van der Waals surface area (Å²) in [5, 5.41) is 10.3. The van der Waals surface area contributed by atoms with E-state index in [-0.39, 0.29) is 23.8 Å². The molecular formula is C24H20BrClN2O4. The zero-order valence-corrected chi connectivity index (χ0v) is 19.6. The summed E-state index contributed by atoms with van der Waals surface area (Å²) in [7, 11) is 1.57. The first-order chi connectivity index (χ1) is 15.4. The van der Waals surface area contributed by atoms with Crippen LogP contribution in [0.1, 0.15) is 36.3 Å². The van der Waals surface area contributed by atoms with Crippen LogP contribution in [0.5, 0.6) is 11.5 Å². The Kier molecular flexibility index (Phi) is 6.45. The molecule has 0 aromatic heterocycles. The van der Waals surface area contributed by atoms with Gasteiger partial charge in [-0.3, -0.25) is 4.79 Å². The topological polar surface area (TPSA) is 94.6 Å². The molecule has 1 heterocycles. The molecule has 2 aliphatic rings. The average molecular weight is 516 g/mol. The Morgan fingerprint density at radius 1 is 1.25 bits per heavy atom. The van der Waals surface area contributed by atoms with Gasteiger partial charge in [-0.25, -0.2) is 0 Å². The van der Waals surface area contributed by atoms with Crippen molar-refractivity contribution in [3.8, 4) is 17.6 Å². The summed E-state index contributed by atoms with van der Waals surface area (Å²) in [6.45, 7) is 0.183. The number of Topliss-reactive ketones (excluding diaryl/α,β-unsaturated/α-hetero) is 1. The number of halogens is 2. The molecular weight excluding hydrogens is 496 g/mol. The molecule has 0 saturated heterocycles. The maximum atomic E-state index is 12.8. The van der Waals surface area contributed by atoms with E-state index in [1.807, 2.05) is 18.2 Å². The van der Waals surface area contributed by atoms with Gasteiger partial charge in [-0.2, -0.15) is 5.26 Å². The standard InChI is InChI=1S/C24H20BrClN2O4/c1-30-19-7-5-13(9-14(19)12-31-20-8-6-15(25)10-17(20)26)22-16(11-27)24(28)32-21-4-2-3-18(29)23(21)22/h5-10,22H,2-4,12,28H2,1H3/t22-/m0/s1. The van der Waals surface area contributed by atoms with Crippen molar-refractivity contribution in [2.24, 2.45) is 5.73 Å². The van der Waals surface area contributed by atoms with Gasteiger partial charge in [0.2, 0.25) is 5.88 Å². The number of hydrogen-bond acceptors (Lipinski definition) is 6. The second kappa shape index (κ2) is 9.27. The van der Waals surface area contributed by atoms with Gasteiger partial charge in [0.1, 0.15) is 35.5 Å². The van der Waals surface area contributed by atoms with Crippen molar-refractivity contribution < 1.29 is 19.0 Å². The highest BCUT2D eigenvalue weighted by molar-refractivity contribution is 9.10. The van der Waals surface area contributed by atoms with Gasteiger partial charge < -0.3 is 19.9 Å². The third-order valence-electron chi connectivity index (χ3n) is 5.52. The highest BCUT2D eigenvalue weighted by Crippen LogP contribution is 2.44. The lowest BCUT2D eigenvalue weighted by atomic mass is 9.77. The molecule has 0 spiro atoms. The van der Waals surface area contributed by atoms with Crippen LogP contribution in [0.2, 0.25) is 5.02 Å². The van der Waals surface area contributed by atoms with Crippen molar-refractivity contribution in [1.82, 2.24) is 0 Å². The van der Waals surface area contributed by atoms with Crippen LogP contribution in [0.4, 0.5) is 0 Å². The molecule has 1 atom stereocenters. The lowest BCUT2D eigenvalue weighted by molar-refractivity contribution is -0.116. The number of nitriles is 1. The van der Waals surface area contributed by atoms with Crippen LogP contribution in [0, 0.1) is 11.3 Å². The van der Waals surface area contributed by atoms with Gasteiger partial charge in [0, 0.05) is 28.5 Å². The predicted octanol–water partition coefficient (Wildman–Crippen LogP) is 5.50. The number of ketones is 1. The van der Waals surface area contributed by atoms with Gasteiger partial charge in [0.25, 0.3) is 0 Å². The SMILES string of the molecule is COc1ccc([C@H]2C(C#N)=C(N)OC3=C2C(=O)CCC3)cc1COc1ccc(Br)cc1Cl. The minimum Gasteiger partial charge on any atom is -0.496 e. The smallest absolute Gasteiger partial charge is 0.205 e. The van der Waals surface area contributed by atoms with E-state index in [1.165, 1.54) is 0 Å². The van der Waals surface area contributed by atoms with E-state index >= 15 is 0 Å². The fourth-order valence-corrected chi connectivity index (χ4v) is 4.76. The lowest BCUT2D eigenvalue weighted by Crippen LogP contribution is -2.27. The van der Waals surface area contributed by atoms with E-state index < -0.39 is 5.92 Å². The Morgan fingerprint density at radius 3 is 2.75 bits per heavy atom. The van der Waals surface area contributed by atoms with Gasteiger partial charge in [-0.1, -0.05) is 33.6 Å². The van der Waals surface area contributed by atoms with Crippen LogP contribution in [-0.4, -0.2) is 12.9 Å². The minimum atomic E-state index is -0.586. The molecule has 8 heteroatoms. The van der Waals surface area contributed by atoms with Crippen LogP contribution in [0.25, 0.3) is 0 Å². The molecule has 32 heavy (non-hydrogen) atoms. The number of nitrogens with zero attached hydrogens (tertiary/aromatic N) is 1. The first kappa shape index (κ1) is 22.3. The van der Waals surface area contributed by atoms with Crippen molar-refractivity contribution in [2.75, 3.05) is 7.11 Å². The molecule has 2 aromatic carbocycles. The van der Waals surface area contributed by atoms with Crippen LogP contribution >= 0.6 is 27.5 Å². The van der Waals surface area contributed by atoms with Crippen LogP contribution < -0.4 is 15.2 Å². The molecule has 164 valence electrons. The molecule has 4 rings (SSSR count). The van der Waals surface area contributed by atoms with Crippen molar-refractivity contribution in [3.05, 3.63) is 79.8 Å². The van der Waals surface area contributed by atoms with E-state index in [9.17, 15) is 10.1 Å². The molecule has 0 fully saturated rings. The summed E-state index contributed by atoms with van der Waals surface area (Å²) in [4.78, 5) is 12.8. The number of benzene rings is 2. The van der Waals surface area contributed by atoms with Crippen LogP contribution in [0.3, 0.4) is 0 Å². The lowest BCUT2D eigenvalue weighted by Gasteiger charge is -2.31. The number of hydrogen-bond donors (Lipinski definition) is 1. The largest absolute Gasteiger partial charge is 0.496 e. The molecule has 0 bridgehead atoms. The maximum Gasteiger partial charge on any atom is 0.205 e. The summed E-state index contributed by atoms with van der Waals surface area (Å²) in [6, 6.07) is 13.0. The second-order valence-electron chi connectivity index (χ2n) is 7.47. The van der Waals surface area contributed by atoms with Gasteiger partial charge in [-0.15, -0.1) is 0 Å². The molecule has 6 nitrogen and oxygen atoms in total. The number of carbonyl (C=O) groups is 1. The molecule has 1 aliphatic heterocycles. The summed E-state index contributed by atoms with van der Waals surface area (Å²) < 4.78 is 17.9. The summed E-state index contributed by atoms with van der Waals surface area (Å²) in [5.74, 6) is 1.14. The number of allylic oxidation sites excluding steroid dienone is 3. The predicted molar refractivity (Wildman–Crippen MR) is 123 cm³/mol. The highest BCUT2D eigenvalue weighted by atomic mass is 79.9. The fraction of sp³-hybridized carbons (Fsp3) is 0.250. The molecule has 0 saturated carbocycles.